The zero-order chi connectivity index (χ0) is 19.3. The second-order valence-electron chi connectivity index (χ2n) is 6.56. The number of nitrogens with zero attached hydrogens (tertiary/aromatic N) is 1. The van der Waals surface area contributed by atoms with Gasteiger partial charge in [-0.2, -0.15) is 0 Å². The predicted octanol–water partition coefficient (Wildman–Crippen LogP) is 2.10. The second-order valence-corrected chi connectivity index (χ2v) is 8.32. The fourth-order valence-corrected chi connectivity index (χ4v) is 4.06. The van der Waals surface area contributed by atoms with E-state index >= 15 is 0 Å². The van der Waals surface area contributed by atoms with Crippen LogP contribution in [0.25, 0.3) is 0 Å². The minimum Gasteiger partial charge on any atom is -0.387 e. The van der Waals surface area contributed by atoms with Gasteiger partial charge in [0.1, 0.15) is 0 Å². The third-order valence-electron chi connectivity index (χ3n) is 4.76. The summed E-state index contributed by atoms with van der Waals surface area (Å²) in [6, 6.07) is 14.3. The summed E-state index contributed by atoms with van der Waals surface area (Å²) < 4.78 is 32.6. The summed E-state index contributed by atoms with van der Waals surface area (Å²) in [5.41, 5.74) is 2.83. The van der Waals surface area contributed by atoms with Crippen LogP contribution in [0.5, 0.6) is 0 Å². The molecule has 1 atom stereocenters. The molecule has 0 bridgehead atoms. The van der Waals surface area contributed by atoms with Gasteiger partial charge < -0.3 is 14.7 Å². The summed E-state index contributed by atoms with van der Waals surface area (Å²) in [5, 5.41) is 10.4. The molecule has 146 valence electrons. The molecule has 1 fully saturated rings. The minimum absolute atomic E-state index is 0.0746. The molecule has 0 amide bonds. The number of anilines is 1. The van der Waals surface area contributed by atoms with Crippen LogP contribution < -0.4 is 9.62 Å². The topological polar surface area (TPSA) is 78.9 Å². The highest BCUT2D eigenvalue weighted by Crippen LogP contribution is 2.20. The summed E-state index contributed by atoms with van der Waals surface area (Å²) in [6.45, 7) is 5.06. The number of aryl methyl sites for hydroxylation is 1. The van der Waals surface area contributed by atoms with Crippen molar-refractivity contribution in [3.05, 3.63) is 59.7 Å². The van der Waals surface area contributed by atoms with Gasteiger partial charge in [-0.25, -0.2) is 13.1 Å². The molecule has 1 heterocycles. The smallest absolute Gasteiger partial charge is 0.240 e. The van der Waals surface area contributed by atoms with Crippen LogP contribution in [0.1, 0.15) is 24.2 Å². The van der Waals surface area contributed by atoms with Crippen molar-refractivity contribution in [3.8, 4) is 0 Å². The molecule has 0 aliphatic carbocycles. The van der Waals surface area contributed by atoms with E-state index in [4.69, 9.17) is 4.74 Å². The van der Waals surface area contributed by atoms with E-state index in [2.05, 4.69) is 9.62 Å². The molecule has 27 heavy (non-hydrogen) atoms. The van der Waals surface area contributed by atoms with Crippen LogP contribution in [-0.4, -0.2) is 46.4 Å². The first-order chi connectivity index (χ1) is 13.0. The van der Waals surface area contributed by atoms with Crippen LogP contribution in [0.2, 0.25) is 0 Å². The molecule has 1 aliphatic heterocycles. The molecule has 2 aromatic carbocycles. The lowest BCUT2D eigenvalue weighted by Gasteiger charge is -2.29. The fraction of sp³-hybridized carbons (Fsp3) is 0.400. The zero-order valence-electron chi connectivity index (χ0n) is 15.5. The van der Waals surface area contributed by atoms with E-state index in [1.54, 1.807) is 24.3 Å². The van der Waals surface area contributed by atoms with Gasteiger partial charge in [-0.05, 0) is 41.8 Å². The van der Waals surface area contributed by atoms with E-state index in [1.807, 2.05) is 31.2 Å². The molecule has 7 heteroatoms. The highest BCUT2D eigenvalue weighted by atomic mass is 32.2. The molecular formula is C20H26N2O4S. The lowest BCUT2D eigenvalue weighted by molar-refractivity contribution is 0.122. The Morgan fingerprint density at radius 2 is 1.70 bits per heavy atom. The number of morpholine rings is 1. The predicted molar refractivity (Wildman–Crippen MR) is 105 cm³/mol. The van der Waals surface area contributed by atoms with E-state index in [0.29, 0.717) is 18.8 Å². The van der Waals surface area contributed by atoms with Gasteiger partial charge in [0, 0.05) is 25.3 Å². The standard InChI is InChI=1S/C20H26N2O4S/c1-2-16-3-9-19(10-4-16)27(24,25)21-15-20(23)17-5-7-18(8-6-17)22-11-13-26-14-12-22/h3-10,20-21,23H,2,11-15H2,1H3. The molecule has 0 radical (unpaired) electrons. The third kappa shape index (κ3) is 5.07. The van der Waals surface area contributed by atoms with Gasteiger partial charge in [0.05, 0.1) is 24.2 Å². The first kappa shape index (κ1) is 19.8. The number of aliphatic hydroxyl groups is 1. The Morgan fingerprint density at radius 3 is 2.30 bits per heavy atom. The lowest BCUT2D eigenvalue weighted by Crippen LogP contribution is -2.36. The van der Waals surface area contributed by atoms with Crippen molar-refractivity contribution < 1.29 is 18.3 Å². The molecule has 1 aliphatic rings. The van der Waals surface area contributed by atoms with E-state index < -0.39 is 16.1 Å². The molecule has 2 N–H and O–H groups in total. The number of hydrogen-bond donors (Lipinski definition) is 2. The summed E-state index contributed by atoms with van der Waals surface area (Å²) in [5.74, 6) is 0. The van der Waals surface area contributed by atoms with Crippen molar-refractivity contribution in [1.29, 1.82) is 0 Å². The maximum atomic E-state index is 12.4. The third-order valence-corrected chi connectivity index (χ3v) is 6.20. The van der Waals surface area contributed by atoms with E-state index in [9.17, 15) is 13.5 Å². The van der Waals surface area contributed by atoms with Gasteiger partial charge in [-0.15, -0.1) is 0 Å². The number of hydrogen-bond acceptors (Lipinski definition) is 5. The van der Waals surface area contributed by atoms with Crippen molar-refractivity contribution in [2.24, 2.45) is 0 Å². The molecular weight excluding hydrogens is 364 g/mol. The van der Waals surface area contributed by atoms with Crippen LogP contribution in [0.15, 0.2) is 53.4 Å². The second kappa shape index (κ2) is 8.84. The van der Waals surface area contributed by atoms with Gasteiger partial charge in [-0.3, -0.25) is 0 Å². The Labute approximate surface area is 160 Å². The first-order valence-electron chi connectivity index (χ1n) is 9.19. The average Bonchev–Trinajstić information content (AvgIpc) is 2.73. The highest BCUT2D eigenvalue weighted by molar-refractivity contribution is 7.89. The van der Waals surface area contributed by atoms with Crippen LogP contribution >= 0.6 is 0 Å². The molecule has 6 nitrogen and oxygen atoms in total. The maximum Gasteiger partial charge on any atom is 0.240 e. The van der Waals surface area contributed by atoms with Crippen molar-refractivity contribution >= 4 is 15.7 Å². The Balaban J connectivity index is 1.60. The van der Waals surface area contributed by atoms with Crippen LogP contribution in [0, 0.1) is 0 Å². The van der Waals surface area contributed by atoms with Crippen LogP contribution in [0.4, 0.5) is 5.69 Å². The van der Waals surface area contributed by atoms with Gasteiger partial charge >= 0.3 is 0 Å². The molecule has 0 saturated carbocycles. The van der Waals surface area contributed by atoms with Crippen LogP contribution in [0.3, 0.4) is 0 Å². The van der Waals surface area contributed by atoms with Gasteiger partial charge in [-0.1, -0.05) is 31.2 Å². The van der Waals surface area contributed by atoms with Crippen molar-refractivity contribution in [1.82, 2.24) is 4.72 Å². The summed E-state index contributed by atoms with van der Waals surface area (Å²) in [6.07, 6.45) is -0.0548. The monoisotopic (exact) mass is 390 g/mol. The van der Waals surface area contributed by atoms with E-state index in [0.717, 1.165) is 30.8 Å². The Hall–Kier alpha value is -1.93. The normalized spacial score (nSPS) is 16.3. The van der Waals surface area contributed by atoms with Crippen LogP contribution in [-0.2, 0) is 21.2 Å². The molecule has 2 aromatic rings. The van der Waals surface area contributed by atoms with Gasteiger partial charge in [0.25, 0.3) is 0 Å². The number of nitrogens with one attached hydrogen (secondary N) is 1. The zero-order valence-corrected chi connectivity index (χ0v) is 16.3. The summed E-state index contributed by atoms with van der Waals surface area (Å²) in [7, 11) is -3.65. The summed E-state index contributed by atoms with van der Waals surface area (Å²) >= 11 is 0. The molecule has 0 spiro atoms. The number of rotatable bonds is 7. The Morgan fingerprint density at radius 1 is 1.07 bits per heavy atom. The van der Waals surface area contributed by atoms with Crippen molar-refractivity contribution in [2.75, 3.05) is 37.7 Å². The Kier molecular flexibility index (Phi) is 6.49. The number of benzene rings is 2. The average molecular weight is 391 g/mol. The van der Waals surface area contributed by atoms with Gasteiger partial charge in [0.2, 0.25) is 10.0 Å². The molecule has 3 rings (SSSR count). The quantitative estimate of drug-likeness (QED) is 0.757. The highest BCUT2D eigenvalue weighted by Gasteiger charge is 2.17. The maximum absolute atomic E-state index is 12.4. The Bertz CT molecular complexity index is 829. The van der Waals surface area contributed by atoms with Gasteiger partial charge in [0.15, 0.2) is 0 Å². The van der Waals surface area contributed by atoms with E-state index in [-0.39, 0.29) is 11.4 Å². The largest absolute Gasteiger partial charge is 0.387 e. The van der Waals surface area contributed by atoms with Crippen molar-refractivity contribution in [3.63, 3.8) is 0 Å². The lowest BCUT2D eigenvalue weighted by atomic mass is 10.1. The summed E-state index contributed by atoms with van der Waals surface area (Å²) in [4.78, 5) is 2.43. The SMILES string of the molecule is CCc1ccc(S(=O)(=O)NCC(O)c2ccc(N3CCOCC3)cc2)cc1. The fourth-order valence-electron chi connectivity index (χ4n) is 3.02. The first-order valence-corrected chi connectivity index (χ1v) is 10.7. The number of aliphatic hydroxyl groups excluding tert-OH is 1. The molecule has 1 unspecified atom stereocenters. The number of ether oxygens (including phenoxy) is 1. The van der Waals surface area contributed by atoms with E-state index in [1.165, 1.54) is 0 Å². The minimum atomic E-state index is -3.65. The molecule has 1 saturated heterocycles. The molecule has 0 aromatic heterocycles. The van der Waals surface area contributed by atoms with Crippen molar-refractivity contribution in [2.45, 2.75) is 24.3 Å². The number of sulfonamides is 1.